The first-order chi connectivity index (χ1) is 17.8. The number of hydrogen-bond donors (Lipinski definition) is 0. The third-order valence-corrected chi connectivity index (χ3v) is 10.00. The Morgan fingerprint density at radius 1 is 0.816 bits per heavy atom. The predicted molar refractivity (Wildman–Crippen MR) is 160 cm³/mol. The second-order valence-electron chi connectivity index (χ2n) is 14.5. The molecule has 38 heavy (non-hydrogen) atoms. The molecule has 0 aromatic heterocycles. The van der Waals surface area contributed by atoms with E-state index in [-0.39, 0.29) is 18.1 Å². The molecule has 0 bridgehead atoms. The van der Waals surface area contributed by atoms with Gasteiger partial charge in [0.1, 0.15) is 12.0 Å². The van der Waals surface area contributed by atoms with Crippen LogP contribution >= 0.6 is 0 Å². The van der Waals surface area contributed by atoms with E-state index in [0.29, 0.717) is 48.0 Å². The van der Waals surface area contributed by atoms with Crippen molar-refractivity contribution in [3.05, 3.63) is 0 Å². The predicted octanol–water partition coefficient (Wildman–Crippen LogP) is 5.97. The summed E-state index contributed by atoms with van der Waals surface area (Å²) in [7, 11) is 2.30. The zero-order chi connectivity index (χ0) is 28.4. The molecule has 0 aromatic rings. The van der Waals surface area contributed by atoms with Crippen LogP contribution in [0, 0.1) is 23.7 Å². The first-order valence-electron chi connectivity index (χ1n) is 16.0. The van der Waals surface area contributed by atoms with Gasteiger partial charge in [-0.05, 0) is 91.0 Å². The van der Waals surface area contributed by atoms with E-state index in [0.717, 1.165) is 26.1 Å². The Morgan fingerprint density at radius 3 is 2.08 bits per heavy atom. The van der Waals surface area contributed by atoms with Crippen molar-refractivity contribution in [1.82, 2.24) is 19.6 Å². The van der Waals surface area contributed by atoms with Gasteiger partial charge < -0.3 is 9.47 Å². The van der Waals surface area contributed by atoms with Crippen LogP contribution in [0.15, 0.2) is 0 Å². The smallest absolute Gasteiger partial charge is 0.121 e. The van der Waals surface area contributed by atoms with Gasteiger partial charge >= 0.3 is 0 Å². The minimum absolute atomic E-state index is 0.212. The highest BCUT2D eigenvalue weighted by atomic mass is 16.5. The Labute approximate surface area is 236 Å². The molecule has 3 fully saturated rings. The van der Waals surface area contributed by atoms with Gasteiger partial charge in [-0.25, -0.2) is 0 Å². The molecular formula is C32H64N4O2. The van der Waals surface area contributed by atoms with Crippen LogP contribution in [0.1, 0.15) is 102 Å². The van der Waals surface area contributed by atoms with Crippen molar-refractivity contribution in [2.45, 2.75) is 144 Å². The van der Waals surface area contributed by atoms with Gasteiger partial charge in [-0.1, -0.05) is 41.5 Å². The van der Waals surface area contributed by atoms with Crippen LogP contribution in [0.25, 0.3) is 0 Å². The Kier molecular flexibility index (Phi) is 11.6. The van der Waals surface area contributed by atoms with Crippen molar-refractivity contribution in [1.29, 1.82) is 0 Å². The average Bonchev–Trinajstić information content (AvgIpc) is 3.02. The molecule has 0 amide bonds. The molecule has 0 aromatic carbocycles. The van der Waals surface area contributed by atoms with E-state index in [4.69, 9.17) is 9.47 Å². The van der Waals surface area contributed by atoms with Crippen molar-refractivity contribution in [2.75, 3.05) is 39.8 Å². The average molecular weight is 537 g/mol. The lowest BCUT2D eigenvalue weighted by molar-refractivity contribution is -0.140. The Bertz CT molecular complexity index is 698. The van der Waals surface area contributed by atoms with Crippen molar-refractivity contribution in [2.24, 2.45) is 23.7 Å². The lowest BCUT2D eigenvalue weighted by Gasteiger charge is -2.47. The van der Waals surface area contributed by atoms with Gasteiger partial charge in [-0.2, -0.15) is 0 Å². The molecule has 3 aliphatic rings. The van der Waals surface area contributed by atoms with Crippen LogP contribution in [0.5, 0.6) is 0 Å². The molecule has 6 nitrogen and oxygen atoms in total. The highest BCUT2D eigenvalue weighted by Crippen LogP contribution is 2.39. The maximum atomic E-state index is 6.99. The molecule has 7 atom stereocenters. The van der Waals surface area contributed by atoms with E-state index in [1.165, 1.54) is 32.4 Å². The van der Waals surface area contributed by atoms with Crippen LogP contribution in [0.3, 0.4) is 0 Å². The summed E-state index contributed by atoms with van der Waals surface area (Å²) in [6.45, 7) is 31.3. The maximum Gasteiger partial charge on any atom is 0.121 e. The summed E-state index contributed by atoms with van der Waals surface area (Å²) in [5.74, 6) is 2.19. The Balaban J connectivity index is 1.66. The Morgan fingerprint density at radius 2 is 1.50 bits per heavy atom. The van der Waals surface area contributed by atoms with Crippen LogP contribution in [0.2, 0.25) is 0 Å². The molecule has 7 unspecified atom stereocenters. The minimum atomic E-state index is -0.212. The van der Waals surface area contributed by atoms with Gasteiger partial charge in [0.15, 0.2) is 0 Å². The van der Waals surface area contributed by atoms with Gasteiger partial charge in [-0.3, -0.25) is 19.6 Å². The molecular weight excluding hydrogens is 472 g/mol. The second kappa shape index (κ2) is 13.6. The van der Waals surface area contributed by atoms with E-state index < -0.39 is 0 Å². The first-order valence-corrected chi connectivity index (χ1v) is 16.0. The van der Waals surface area contributed by atoms with E-state index in [1.54, 1.807) is 0 Å². The van der Waals surface area contributed by atoms with Crippen molar-refractivity contribution in [3.63, 3.8) is 0 Å². The van der Waals surface area contributed by atoms with Gasteiger partial charge in [-0.15, -0.1) is 0 Å². The van der Waals surface area contributed by atoms with Crippen LogP contribution in [-0.2, 0) is 9.47 Å². The zero-order valence-corrected chi connectivity index (χ0v) is 27.2. The molecule has 0 N–H and O–H groups in total. The SMILES string of the molecule is CC(C)C1OCC(CC(C)N2CC(CC(C)N3CCCN(C)C3C(C)C)OC2(C)C(C)C)CCN1C(C)C. The largest absolute Gasteiger partial charge is 0.363 e. The van der Waals surface area contributed by atoms with Gasteiger partial charge in [0.2, 0.25) is 0 Å². The fourth-order valence-corrected chi connectivity index (χ4v) is 7.76. The van der Waals surface area contributed by atoms with E-state index in [1.807, 2.05) is 0 Å². The highest BCUT2D eigenvalue weighted by molar-refractivity contribution is 4.95. The normalized spacial score (nSPS) is 35.1. The monoisotopic (exact) mass is 537 g/mol. The van der Waals surface area contributed by atoms with Crippen molar-refractivity contribution < 1.29 is 9.47 Å². The van der Waals surface area contributed by atoms with Gasteiger partial charge in [0.05, 0.1) is 18.9 Å². The molecule has 0 saturated carbocycles. The minimum Gasteiger partial charge on any atom is -0.363 e. The molecule has 0 aliphatic carbocycles. The molecule has 0 spiro atoms. The summed E-state index contributed by atoms with van der Waals surface area (Å²) in [6.07, 6.45) is 5.82. The highest BCUT2D eigenvalue weighted by Gasteiger charge is 2.48. The van der Waals surface area contributed by atoms with E-state index in [9.17, 15) is 0 Å². The third kappa shape index (κ3) is 7.33. The topological polar surface area (TPSA) is 31.4 Å². The summed E-state index contributed by atoms with van der Waals surface area (Å²) in [4.78, 5) is 10.6. The quantitative estimate of drug-likeness (QED) is 0.342. The van der Waals surface area contributed by atoms with Gasteiger partial charge in [0, 0.05) is 44.3 Å². The standard InChI is InChI=1S/C32H64N4O2/c1-22(2)30-33(12)15-13-16-35(30)26(9)19-29-20-36(32(11,38-29)24(5)6)27(10)18-28-14-17-34(25(7)8)31(23(3)4)37-21-28/h22-31H,13-21H2,1-12H3. The molecule has 0 radical (unpaired) electrons. The van der Waals surface area contributed by atoms with Gasteiger partial charge in [0.25, 0.3) is 0 Å². The molecule has 3 heterocycles. The first kappa shape index (κ1) is 32.3. The number of hydrogen-bond acceptors (Lipinski definition) is 6. The summed E-state index contributed by atoms with van der Waals surface area (Å²) in [5, 5.41) is 0. The van der Waals surface area contributed by atoms with Crippen LogP contribution < -0.4 is 0 Å². The number of nitrogens with zero attached hydrogens (tertiary/aromatic N) is 4. The molecule has 6 heteroatoms. The second-order valence-corrected chi connectivity index (χ2v) is 14.5. The zero-order valence-electron chi connectivity index (χ0n) is 27.2. The maximum absolute atomic E-state index is 6.99. The fourth-order valence-electron chi connectivity index (χ4n) is 7.76. The fraction of sp³-hybridized carbons (Fsp3) is 1.00. The molecule has 3 aliphatic heterocycles. The van der Waals surface area contributed by atoms with Crippen molar-refractivity contribution >= 4 is 0 Å². The molecule has 224 valence electrons. The van der Waals surface area contributed by atoms with E-state index in [2.05, 4.69) is 103 Å². The van der Waals surface area contributed by atoms with Crippen LogP contribution in [-0.4, -0.2) is 102 Å². The summed E-state index contributed by atoms with van der Waals surface area (Å²) in [5.41, 5.74) is -0.212. The summed E-state index contributed by atoms with van der Waals surface area (Å²) >= 11 is 0. The molecule has 3 rings (SSSR count). The lowest BCUT2D eigenvalue weighted by atomic mass is 9.93. The van der Waals surface area contributed by atoms with Crippen LogP contribution in [0.4, 0.5) is 0 Å². The lowest BCUT2D eigenvalue weighted by Crippen LogP contribution is -2.58. The third-order valence-electron chi connectivity index (χ3n) is 10.00. The van der Waals surface area contributed by atoms with E-state index >= 15 is 0 Å². The molecule has 3 saturated heterocycles. The van der Waals surface area contributed by atoms with Crippen molar-refractivity contribution in [3.8, 4) is 0 Å². The summed E-state index contributed by atoms with van der Waals surface area (Å²) in [6, 6.07) is 1.52. The number of rotatable bonds is 10. The summed E-state index contributed by atoms with van der Waals surface area (Å²) < 4.78 is 13.5. The Hall–Kier alpha value is -0.240. The number of ether oxygens (including phenoxy) is 2.